The normalized spacial score (nSPS) is 17.1. The molecule has 8 heterocycles. The number of nitrogens with zero attached hydrogens (tertiary/aromatic N) is 3. The first kappa shape index (κ1) is 89.8. The zero-order valence-corrected chi connectivity index (χ0v) is 68.6. The van der Waals surface area contributed by atoms with Crippen molar-refractivity contribution in [3.05, 3.63) is 124 Å². The number of nitrogens with one attached hydrogen (secondary N) is 1. The third-order valence-electron chi connectivity index (χ3n) is 15.7. The molecule has 2 saturated carbocycles. The van der Waals surface area contributed by atoms with Gasteiger partial charge in [-0.1, -0.05) is 209 Å². The molecular weight excluding hydrogens is 1290 g/mol. The molecule has 10 rings (SSSR count). The van der Waals surface area contributed by atoms with Crippen molar-refractivity contribution in [3.63, 3.8) is 0 Å². The number of furan rings is 4. The lowest BCUT2D eigenvalue weighted by Gasteiger charge is -2.38. The molecular formula is C81H137BrClFN4O8. The number of likely N-dealkylation sites (tertiary alicyclic amines) is 1. The average molecular weight is 1430 g/mol. The van der Waals surface area contributed by atoms with Gasteiger partial charge in [0.25, 0.3) is 0 Å². The Morgan fingerprint density at radius 1 is 0.573 bits per heavy atom. The smallest absolute Gasteiger partial charge is 0.199 e. The van der Waals surface area contributed by atoms with Gasteiger partial charge in [0.05, 0.1) is 47.3 Å². The van der Waals surface area contributed by atoms with Crippen LogP contribution in [-0.4, -0.2) is 83.0 Å². The Morgan fingerprint density at radius 3 is 1.28 bits per heavy atom. The molecule has 2 saturated heterocycles. The fourth-order valence-corrected chi connectivity index (χ4v) is 10.8. The molecule has 550 valence electrons. The predicted molar refractivity (Wildman–Crippen MR) is 404 cm³/mol. The summed E-state index contributed by atoms with van der Waals surface area (Å²) in [5.41, 5.74) is 1.74. The van der Waals surface area contributed by atoms with Gasteiger partial charge in [0.15, 0.2) is 17.7 Å². The molecule has 3 aliphatic heterocycles. The number of Topliss-reactive ketones (excluding diaryl/α,β-unsaturated/α-hetero) is 1. The molecule has 0 amide bonds. The maximum absolute atomic E-state index is 12.8. The lowest BCUT2D eigenvalue weighted by molar-refractivity contribution is -0.124. The first-order valence-corrected chi connectivity index (χ1v) is 36.4. The van der Waals surface area contributed by atoms with Gasteiger partial charge >= 0.3 is 0 Å². The summed E-state index contributed by atoms with van der Waals surface area (Å²) < 4.78 is 44.7. The standard InChI is InChI=1S/C9H14O.C9H18.C8H11BrO.C8H11ClO.C8H11FO.C8H18N2.C8H15NO.C8H12O2.C8H16.C7H11NO/c1-7-5-6-8(10-7)9(2,3)4;1-9(2,3)7-6-8-4-5-8;3*1-8(2,3)7-6(9)4-5-10-7;1-8(2,3)10-6-4-9-5-7-10;1-8(2,3)9-5-4-7(10)6-9;1-8(2,3)7-6(9)4-5-10-7;1-8(2,3)6-7-4-5-7;1-7(2,3)6-4-5-8-9-6/h5-6H,1-4H3;8H,4-7H2,1-3H3;3*4-5H,1-3H3;9H,4-7H2,1-3H3;4-6H2,1-3H3;4-5,7H,1-3H3;7H,4-6H2,1-3H3;4-5H,1-3H3. The number of ether oxygens (including phenoxy) is 1. The number of piperazine rings is 1. The van der Waals surface area contributed by atoms with E-state index in [1.165, 1.54) is 82.7 Å². The van der Waals surface area contributed by atoms with Crippen LogP contribution in [0.2, 0.25) is 5.02 Å². The summed E-state index contributed by atoms with van der Waals surface area (Å²) in [7, 11) is 0. The third-order valence-corrected chi connectivity index (χ3v) is 16.6. The SMILES string of the molecule is CC(C)(C)C1OC=CC1=O.CC(C)(C)CC1CC1.CC(C)(C)CCC1CC1.CC(C)(C)N1CCC(=O)C1.CC(C)(C)N1CCNCC1.CC(C)(C)c1ccno1.CC(C)(C)c1occc1Br.CC(C)(C)c1occc1Cl.CC(C)(C)c1occc1F.Cc1ccc(C(C)(C)C)o1. The van der Waals surface area contributed by atoms with Gasteiger partial charge in [0.2, 0.25) is 0 Å². The molecule has 2 aliphatic carbocycles. The molecule has 5 aromatic heterocycles. The topological polar surface area (TPSA) is 140 Å². The molecule has 0 spiro atoms. The lowest BCUT2D eigenvalue weighted by atomic mass is 9.87. The molecule has 12 nitrogen and oxygen atoms in total. The van der Waals surface area contributed by atoms with Crippen molar-refractivity contribution in [2.75, 3.05) is 39.3 Å². The van der Waals surface area contributed by atoms with Gasteiger partial charge in [0, 0.05) is 101 Å². The van der Waals surface area contributed by atoms with E-state index in [0.717, 1.165) is 71.2 Å². The van der Waals surface area contributed by atoms with Crippen molar-refractivity contribution < 1.29 is 40.9 Å². The zero-order chi connectivity index (χ0) is 74.3. The van der Waals surface area contributed by atoms with Crippen LogP contribution in [0.5, 0.6) is 0 Å². The van der Waals surface area contributed by atoms with Crippen LogP contribution < -0.4 is 5.32 Å². The van der Waals surface area contributed by atoms with Crippen LogP contribution in [0, 0.1) is 40.8 Å². The van der Waals surface area contributed by atoms with Crippen molar-refractivity contribution in [1.29, 1.82) is 0 Å². The molecule has 1 atom stereocenters. The number of hydrogen-bond acceptors (Lipinski definition) is 12. The molecule has 1 N–H and O–H groups in total. The highest BCUT2D eigenvalue weighted by Gasteiger charge is 2.34. The van der Waals surface area contributed by atoms with Gasteiger partial charge in [-0.25, -0.2) is 4.39 Å². The highest BCUT2D eigenvalue weighted by Crippen LogP contribution is 2.40. The largest absolute Gasteiger partial charge is 0.489 e. The molecule has 15 heteroatoms. The maximum Gasteiger partial charge on any atom is 0.199 e. The summed E-state index contributed by atoms with van der Waals surface area (Å²) in [6.45, 7) is 72.5. The van der Waals surface area contributed by atoms with Crippen molar-refractivity contribution >= 4 is 39.1 Å². The number of aromatic nitrogens is 1. The number of carbonyl (C=O) groups excluding carboxylic acids is 2. The van der Waals surface area contributed by atoms with Gasteiger partial charge in [-0.15, -0.1) is 0 Å². The Hall–Kier alpha value is -4.21. The summed E-state index contributed by atoms with van der Waals surface area (Å²) in [6.07, 6.45) is 20.1. The Balaban J connectivity index is 0.000000534. The van der Waals surface area contributed by atoms with E-state index in [0.29, 0.717) is 39.5 Å². The molecule has 0 bridgehead atoms. The van der Waals surface area contributed by atoms with E-state index >= 15 is 0 Å². The van der Waals surface area contributed by atoms with Crippen molar-refractivity contribution in [2.45, 2.75) is 310 Å². The third kappa shape index (κ3) is 39.5. The van der Waals surface area contributed by atoms with Crippen LogP contribution in [0.3, 0.4) is 0 Å². The van der Waals surface area contributed by atoms with Crippen LogP contribution in [0.15, 0.2) is 100 Å². The summed E-state index contributed by atoms with van der Waals surface area (Å²) in [5, 5.41) is 7.67. The van der Waals surface area contributed by atoms with E-state index in [9.17, 15) is 14.0 Å². The van der Waals surface area contributed by atoms with Gasteiger partial charge in [-0.3, -0.25) is 19.4 Å². The highest BCUT2D eigenvalue weighted by molar-refractivity contribution is 9.10. The van der Waals surface area contributed by atoms with E-state index < -0.39 is 0 Å². The number of hydrogen-bond donors (Lipinski definition) is 1. The number of halogens is 3. The Morgan fingerprint density at radius 2 is 1.06 bits per heavy atom. The quantitative estimate of drug-likeness (QED) is 0.184. The predicted octanol–water partition coefficient (Wildman–Crippen LogP) is 23.5. The summed E-state index contributed by atoms with van der Waals surface area (Å²) in [6, 6.07) is 10.9. The van der Waals surface area contributed by atoms with Crippen LogP contribution in [0.1, 0.15) is 294 Å². The van der Waals surface area contributed by atoms with Gasteiger partial charge < -0.3 is 32.2 Å². The summed E-state index contributed by atoms with van der Waals surface area (Å²) in [5.74, 6) is 7.68. The van der Waals surface area contributed by atoms with Crippen LogP contribution in [0.25, 0.3) is 0 Å². The fraction of sp³-hybridized carbons (Fsp3) is 0.716. The lowest BCUT2D eigenvalue weighted by Crippen LogP contribution is -2.51. The minimum atomic E-state index is -0.271. The fourth-order valence-electron chi connectivity index (χ4n) is 9.67. The first-order valence-electron chi connectivity index (χ1n) is 35.2. The maximum atomic E-state index is 12.8. The number of ketones is 2. The number of aryl methyl sites for hydroxylation is 1. The number of rotatable bonds is 3. The van der Waals surface area contributed by atoms with Gasteiger partial charge in [-0.2, -0.15) is 0 Å². The molecule has 0 radical (unpaired) electrons. The first-order chi connectivity index (χ1) is 43.4. The van der Waals surface area contributed by atoms with Crippen LogP contribution in [0.4, 0.5) is 4.39 Å². The molecule has 5 aliphatic rings. The van der Waals surface area contributed by atoms with Gasteiger partial charge in [0.1, 0.15) is 40.3 Å². The summed E-state index contributed by atoms with van der Waals surface area (Å²) >= 11 is 9.24. The monoisotopic (exact) mass is 1430 g/mol. The second-order valence-electron chi connectivity index (χ2n) is 37.0. The Labute approximate surface area is 598 Å². The zero-order valence-electron chi connectivity index (χ0n) is 66.3. The number of carbonyl (C=O) groups is 2. The Kier molecular flexibility index (Phi) is 36.1. The second-order valence-corrected chi connectivity index (χ2v) is 38.2. The van der Waals surface area contributed by atoms with E-state index in [4.69, 9.17) is 38.5 Å². The van der Waals surface area contributed by atoms with Crippen LogP contribution in [-0.2, 0) is 41.4 Å². The minimum absolute atomic E-state index is 0.0145. The van der Waals surface area contributed by atoms with Crippen molar-refractivity contribution in [3.8, 4) is 0 Å². The molecule has 4 fully saturated rings. The van der Waals surface area contributed by atoms with E-state index in [2.05, 4.69) is 202 Å². The molecule has 5 aromatic rings. The second kappa shape index (κ2) is 38.6. The Bertz CT molecular complexity index is 2830. The van der Waals surface area contributed by atoms with E-state index in [1.54, 1.807) is 24.8 Å². The average Bonchev–Trinajstić information content (AvgIpc) is 1.75. The van der Waals surface area contributed by atoms with Crippen LogP contribution >= 0.6 is 27.5 Å². The molecule has 0 aromatic carbocycles. The highest BCUT2D eigenvalue weighted by atomic mass is 79.9. The van der Waals surface area contributed by atoms with Crippen molar-refractivity contribution in [2.24, 2.45) is 28.1 Å². The van der Waals surface area contributed by atoms with E-state index in [1.807, 2.05) is 72.7 Å². The minimum Gasteiger partial charge on any atom is -0.489 e. The van der Waals surface area contributed by atoms with Gasteiger partial charge in [-0.05, 0) is 131 Å². The molecule has 1 unspecified atom stereocenters. The van der Waals surface area contributed by atoms with E-state index in [-0.39, 0.29) is 55.7 Å². The summed E-state index contributed by atoms with van der Waals surface area (Å²) in [4.78, 5) is 26.6. The molecule has 96 heavy (non-hydrogen) atoms. The van der Waals surface area contributed by atoms with Crippen molar-refractivity contribution in [1.82, 2.24) is 20.3 Å².